The van der Waals surface area contributed by atoms with Crippen LogP contribution in [0.25, 0.3) is 12.2 Å². The molecule has 146 valence electrons. The number of benzene rings is 2. The number of carbonyl (C=O) groups excluding carboxylic acids is 1. The van der Waals surface area contributed by atoms with Crippen molar-refractivity contribution >= 4 is 44.0 Å². The first-order chi connectivity index (χ1) is 13.5. The fraction of sp³-hybridized carbons (Fsp3) is 0.190. The Morgan fingerprint density at radius 2 is 1.54 bits per heavy atom. The molecular formula is C21H21BrN2O3S. The molecule has 1 heterocycles. The summed E-state index contributed by atoms with van der Waals surface area (Å²) >= 11 is 3.45. The van der Waals surface area contributed by atoms with Gasteiger partial charge in [0, 0.05) is 42.1 Å². The van der Waals surface area contributed by atoms with Crippen LogP contribution in [0.3, 0.4) is 0 Å². The highest BCUT2D eigenvalue weighted by molar-refractivity contribution is 9.10. The SMILES string of the molecule is O=C(/C=C/c1ccccc1Br)N1CCN(S(=O)(=O)/C=C/c2ccccc2)CC1. The van der Waals surface area contributed by atoms with Gasteiger partial charge >= 0.3 is 0 Å². The van der Waals surface area contributed by atoms with Crippen molar-refractivity contribution in [3.8, 4) is 0 Å². The van der Waals surface area contributed by atoms with Crippen molar-refractivity contribution in [2.45, 2.75) is 0 Å². The van der Waals surface area contributed by atoms with E-state index in [0.717, 1.165) is 15.6 Å². The Morgan fingerprint density at radius 3 is 2.21 bits per heavy atom. The van der Waals surface area contributed by atoms with Crippen molar-refractivity contribution in [2.24, 2.45) is 0 Å². The van der Waals surface area contributed by atoms with E-state index in [2.05, 4.69) is 15.9 Å². The molecule has 1 amide bonds. The predicted molar refractivity (Wildman–Crippen MR) is 116 cm³/mol. The Hall–Kier alpha value is -2.22. The molecule has 0 N–H and O–H groups in total. The van der Waals surface area contributed by atoms with E-state index in [9.17, 15) is 13.2 Å². The molecule has 2 aromatic carbocycles. The lowest BCUT2D eigenvalue weighted by Crippen LogP contribution is -2.49. The van der Waals surface area contributed by atoms with Gasteiger partial charge in [-0.15, -0.1) is 0 Å². The Morgan fingerprint density at radius 1 is 0.893 bits per heavy atom. The highest BCUT2D eigenvalue weighted by Crippen LogP contribution is 2.17. The van der Waals surface area contributed by atoms with Crippen LogP contribution < -0.4 is 0 Å². The van der Waals surface area contributed by atoms with Crippen LogP contribution in [-0.4, -0.2) is 49.7 Å². The summed E-state index contributed by atoms with van der Waals surface area (Å²) in [6, 6.07) is 16.9. The molecule has 1 aliphatic heterocycles. The van der Waals surface area contributed by atoms with Gasteiger partial charge in [0.15, 0.2) is 0 Å². The summed E-state index contributed by atoms with van der Waals surface area (Å²) < 4.78 is 27.3. The number of carbonyl (C=O) groups is 1. The van der Waals surface area contributed by atoms with Gasteiger partial charge in [0.2, 0.25) is 15.9 Å². The van der Waals surface area contributed by atoms with Gasteiger partial charge in [0.05, 0.1) is 0 Å². The van der Waals surface area contributed by atoms with E-state index in [1.807, 2.05) is 54.6 Å². The molecule has 0 aromatic heterocycles. The molecule has 1 fully saturated rings. The van der Waals surface area contributed by atoms with Crippen LogP contribution in [0.4, 0.5) is 0 Å². The Bertz CT molecular complexity index is 980. The van der Waals surface area contributed by atoms with E-state index in [4.69, 9.17) is 0 Å². The standard InChI is InChI=1S/C21H21BrN2O3S/c22-20-9-5-4-8-19(20)10-11-21(25)23-13-15-24(16-14-23)28(26,27)17-12-18-6-2-1-3-7-18/h1-12,17H,13-16H2/b11-10+,17-12+. The minimum absolute atomic E-state index is 0.118. The summed E-state index contributed by atoms with van der Waals surface area (Å²) in [7, 11) is -3.50. The summed E-state index contributed by atoms with van der Waals surface area (Å²) in [4.78, 5) is 14.1. The van der Waals surface area contributed by atoms with Crippen LogP contribution in [0.1, 0.15) is 11.1 Å². The number of nitrogens with zero attached hydrogens (tertiary/aromatic N) is 2. The molecule has 0 atom stereocenters. The summed E-state index contributed by atoms with van der Waals surface area (Å²) in [5.41, 5.74) is 1.75. The van der Waals surface area contributed by atoms with Crippen molar-refractivity contribution in [2.75, 3.05) is 26.2 Å². The van der Waals surface area contributed by atoms with Gasteiger partial charge in [-0.05, 0) is 29.3 Å². The number of hydrogen-bond donors (Lipinski definition) is 0. The number of piperazine rings is 1. The van der Waals surface area contributed by atoms with Gasteiger partial charge in [-0.2, -0.15) is 4.31 Å². The van der Waals surface area contributed by atoms with Gasteiger partial charge < -0.3 is 4.90 Å². The second-order valence-corrected chi connectivity index (χ2v) is 9.01. The third kappa shape index (κ3) is 5.41. The maximum Gasteiger partial charge on any atom is 0.246 e. The fourth-order valence-corrected chi connectivity index (χ4v) is 4.44. The highest BCUT2D eigenvalue weighted by atomic mass is 79.9. The van der Waals surface area contributed by atoms with Crippen LogP contribution in [-0.2, 0) is 14.8 Å². The molecule has 0 bridgehead atoms. The van der Waals surface area contributed by atoms with Crippen LogP contribution >= 0.6 is 15.9 Å². The van der Waals surface area contributed by atoms with Crippen LogP contribution in [0.5, 0.6) is 0 Å². The van der Waals surface area contributed by atoms with E-state index in [0.29, 0.717) is 13.1 Å². The molecule has 1 saturated heterocycles. The van der Waals surface area contributed by atoms with E-state index in [1.54, 1.807) is 17.1 Å². The fourth-order valence-electron chi connectivity index (χ4n) is 2.85. The third-order valence-electron chi connectivity index (χ3n) is 4.45. The molecule has 7 heteroatoms. The van der Waals surface area contributed by atoms with Crippen LogP contribution in [0, 0.1) is 0 Å². The average Bonchev–Trinajstić information content (AvgIpc) is 2.72. The normalized spacial score (nSPS) is 16.1. The predicted octanol–water partition coefficient (Wildman–Crippen LogP) is 3.61. The van der Waals surface area contributed by atoms with Crippen molar-refractivity contribution in [3.05, 3.63) is 81.7 Å². The van der Waals surface area contributed by atoms with Gasteiger partial charge in [0.1, 0.15) is 0 Å². The van der Waals surface area contributed by atoms with Gasteiger partial charge in [-0.1, -0.05) is 64.5 Å². The quantitative estimate of drug-likeness (QED) is 0.640. The molecule has 28 heavy (non-hydrogen) atoms. The maximum absolute atomic E-state index is 12.5. The lowest BCUT2D eigenvalue weighted by Gasteiger charge is -2.32. The monoisotopic (exact) mass is 460 g/mol. The molecule has 0 radical (unpaired) electrons. The zero-order chi connectivity index (χ0) is 20.0. The molecular weight excluding hydrogens is 440 g/mol. The Kier molecular flexibility index (Phi) is 6.83. The van der Waals surface area contributed by atoms with Crippen LogP contribution in [0.15, 0.2) is 70.6 Å². The smallest absolute Gasteiger partial charge is 0.246 e. The summed E-state index contributed by atoms with van der Waals surface area (Å²) in [5.74, 6) is -0.118. The molecule has 0 aliphatic carbocycles. The molecule has 0 spiro atoms. The third-order valence-corrected chi connectivity index (χ3v) is 6.74. The summed E-state index contributed by atoms with van der Waals surface area (Å²) in [6.45, 7) is 1.32. The van der Waals surface area contributed by atoms with Crippen molar-refractivity contribution < 1.29 is 13.2 Å². The molecule has 1 aliphatic rings. The van der Waals surface area contributed by atoms with Gasteiger partial charge in [-0.25, -0.2) is 8.42 Å². The zero-order valence-electron chi connectivity index (χ0n) is 15.2. The summed E-state index contributed by atoms with van der Waals surface area (Å²) in [6.07, 6.45) is 4.88. The van der Waals surface area contributed by atoms with E-state index in [-0.39, 0.29) is 19.0 Å². The van der Waals surface area contributed by atoms with Gasteiger partial charge in [0.25, 0.3) is 0 Å². The number of rotatable bonds is 5. The largest absolute Gasteiger partial charge is 0.337 e. The van der Waals surface area contributed by atoms with Crippen molar-refractivity contribution in [3.63, 3.8) is 0 Å². The topological polar surface area (TPSA) is 57.7 Å². The first-order valence-electron chi connectivity index (χ1n) is 8.90. The number of sulfonamides is 1. The van der Waals surface area contributed by atoms with E-state index >= 15 is 0 Å². The molecule has 0 saturated carbocycles. The number of hydrogen-bond acceptors (Lipinski definition) is 3. The first kappa shape index (κ1) is 20.5. The maximum atomic E-state index is 12.5. The van der Waals surface area contributed by atoms with E-state index < -0.39 is 10.0 Å². The molecule has 2 aromatic rings. The molecule has 3 rings (SSSR count). The second-order valence-electron chi connectivity index (χ2n) is 6.34. The Balaban J connectivity index is 1.57. The first-order valence-corrected chi connectivity index (χ1v) is 11.2. The highest BCUT2D eigenvalue weighted by Gasteiger charge is 2.26. The van der Waals surface area contributed by atoms with Gasteiger partial charge in [-0.3, -0.25) is 4.79 Å². The van der Waals surface area contributed by atoms with Crippen molar-refractivity contribution in [1.82, 2.24) is 9.21 Å². The van der Waals surface area contributed by atoms with Crippen LogP contribution in [0.2, 0.25) is 0 Å². The number of amides is 1. The molecule has 0 unspecified atom stereocenters. The summed E-state index contributed by atoms with van der Waals surface area (Å²) in [5, 5.41) is 1.23. The zero-order valence-corrected chi connectivity index (χ0v) is 17.6. The van der Waals surface area contributed by atoms with Crippen molar-refractivity contribution in [1.29, 1.82) is 0 Å². The van der Waals surface area contributed by atoms with E-state index in [1.165, 1.54) is 15.8 Å². The minimum atomic E-state index is -3.50. The lowest BCUT2D eigenvalue weighted by molar-refractivity contribution is -0.127. The minimum Gasteiger partial charge on any atom is -0.337 e. The average molecular weight is 461 g/mol. The number of halogens is 1. The Labute approximate surface area is 174 Å². The second kappa shape index (κ2) is 9.32. The molecule has 5 nitrogen and oxygen atoms in total. The lowest BCUT2D eigenvalue weighted by atomic mass is 10.2.